The van der Waals surface area contributed by atoms with Crippen LogP contribution in [-0.4, -0.2) is 34.9 Å². The van der Waals surface area contributed by atoms with Crippen LogP contribution in [0.5, 0.6) is 5.75 Å². The molecule has 2 aromatic carbocycles. The van der Waals surface area contributed by atoms with Crippen molar-refractivity contribution in [1.82, 2.24) is 15.5 Å². The fourth-order valence-corrected chi connectivity index (χ4v) is 4.59. The molecule has 0 spiro atoms. The first-order valence-corrected chi connectivity index (χ1v) is 10.8. The average molecular weight is 405 g/mol. The van der Waals surface area contributed by atoms with Gasteiger partial charge in [0.2, 0.25) is 11.8 Å². The highest BCUT2D eigenvalue weighted by Crippen LogP contribution is 2.32. The second-order valence-corrected chi connectivity index (χ2v) is 8.51. The van der Waals surface area contributed by atoms with E-state index in [4.69, 9.17) is 4.74 Å². The predicted octanol–water partition coefficient (Wildman–Crippen LogP) is 2.51. The summed E-state index contributed by atoms with van der Waals surface area (Å²) in [6.45, 7) is 2.32. The average Bonchev–Trinajstić information content (AvgIpc) is 3.15. The van der Waals surface area contributed by atoms with Crippen molar-refractivity contribution in [2.45, 2.75) is 63.5 Å². The van der Waals surface area contributed by atoms with Crippen molar-refractivity contribution in [3.05, 3.63) is 65.2 Å². The Labute approximate surface area is 176 Å². The Morgan fingerprint density at radius 2 is 1.83 bits per heavy atom. The van der Waals surface area contributed by atoms with Crippen LogP contribution >= 0.6 is 0 Å². The third-order valence-corrected chi connectivity index (χ3v) is 6.49. The minimum atomic E-state index is -0.224. The molecular weight excluding hydrogens is 378 g/mol. The van der Waals surface area contributed by atoms with Gasteiger partial charge in [-0.15, -0.1) is 0 Å². The number of amides is 2. The van der Waals surface area contributed by atoms with E-state index in [-0.39, 0.29) is 24.0 Å². The van der Waals surface area contributed by atoms with Crippen LogP contribution in [0.2, 0.25) is 0 Å². The summed E-state index contributed by atoms with van der Waals surface area (Å²) in [5.74, 6) is 0.562. The molecule has 0 aromatic heterocycles. The summed E-state index contributed by atoms with van der Waals surface area (Å²) in [6.07, 6.45) is 3.40. The first-order valence-electron chi connectivity index (χ1n) is 10.8. The molecule has 0 bridgehead atoms. The lowest BCUT2D eigenvalue weighted by Crippen LogP contribution is -2.50. The Morgan fingerprint density at radius 1 is 1.00 bits per heavy atom. The molecule has 1 aliphatic carbocycles. The van der Waals surface area contributed by atoms with E-state index in [0.717, 1.165) is 38.2 Å². The van der Waals surface area contributed by atoms with Gasteiger partial charge in [-0.1, -0.05) is 36.4 Å². The van der Waals surface area contributed by atoms with Crippen molar-refractivity contribution < 1.29 is 14.3 Å². The number of hydrogen-bond donors (Lipinski definition) is 2. The molecule has 1 saturated heterocycles. The smallest absolute Gasteiger partial charge is 0.243 e. The molecule has 2 amide bonds. The monoisotopic (exact) mass is 405 g/mol. The van der Waals surface area contributed by atoms with Gasteiger partial charge in [-0.2, -0.15) is 0 Å². The number of imide groups is 1. The van der Waals surface area contributed by atoms with Crippen LogP contribution in [0.15, 0.2) is 48.5 Å². The molecule has 30 heavy (non-hydrogen) atoms. The molecule has 2 aromatic rings. The highest BCUT2D eigenvalue weighted by Gasteiger charge is 2.35. The molecule has 5 rings (SSSR count). The summed E-state index contributed by atoms with van der Waals surface area (Å²) in [5.41, 5.74) is 3.74. The Bertz CT molecular complexity index is 946. The quantitative estimate of drug-likeness (QED) is 0.723. The van der Waals surface area contributed by atoms with Crippen LogP contribution in [0.4, 0.5) is 0 Å². The molecule has 3 aliphatic rings. The highest BCUT2D eigenvalue weighted by molar-refractivity contribution is 6.00. The summed E-state index contributed by atoms with van der Waals surface area (Å²) in [6, 6.07) is 16.9. The van der Waals surface area contributed by atoms with Gasteiger partial charge in [0, 0.05) is 32.1 Å². The van der Waals surface area contributed by atoms with Crippen molar-refractivity contribution in [3.63, 3.8) is 0 Å². The molecule has 2 fully saturated rings. The number of ether oxygens (including phenoxy) is 1. The number of carbonyl (C=O) groups excluding carboxylic acids is 2. The van der Waals surface area contributed by atoms with Gasteiger partial charge < -0.3 is 10.1 Å². The summed E-state index contributed by atoms with van der Waals surface area (Å²) in [5, 5.41) is 6.07. The van der Waals surface area contributed by atoms with Crippen LogP contribution in [0.1, 0.15) is 42.4 Å². The number of carbonyl (C=O) groups is 2. The second kappa shape index (κ2) is 8.20. The van der Waals surface area contributed by atoms with Crippen molar-refractivity contribution in [3.8, 4) is 5.75 Å². The van der Waals surface area contributed by atoms with Gasteiger partial charge in [-0.25, -0.2) is 0 Å². The molecule has 0 radical (unpaired) electrons. The molecule has 6 heteroatoms. The first-order chi connectivity index (χ1) is 14.7. The SMILES string of the molecule is O=C1CCC(N2Cc3ccc(O[C@@H]4CC[C@@H]4NCc4ccccc4)cc3C2)C(=O)N1. The number of fused-ring (bicyclic) bond motifs is 1. The van der Waals surface area contributed by atoms with Gasteiger partial charge >= 0.3 is 0 Å². The van der Waals surface area contributed by atoms with Crippen molar-refractivity contribution in [1.29, 1.82) is 0 Å². The van der Waals surface area contributed by atoms with E-state index in [1.807, 2.05) is 12.1 Å². The summed E-state index contributed by atoms with van der Waals surface area (Å²) in [7, 11) is 0. The van der Waals surface area contributed by atoms with Crippen molar-refractivity contribution in [2.75, 3.05) is 0 Å². The van der Waals surface area contributed by atoms with E-state index in [1.165, 1.54) is 16.7 Å². The van der Waals surface area contributed by atoms with Crippen LogP contribution in [0.25, 0.3) is 0 Å². The van der Waals surface area contributed by atoms with Gasteiger partial charge in [0.15, 0.2) is 0 Å². The van der Waals surface area contributed by atoms with E-state index in [1.54, 1.807) is 0 Å². The van der Waals surface area contributed by atoms with E-state index >= 15 is 0 Å². The normalized spacial score (nSPS) is 26.1. The van der Waals surface area contributed by atoms with Crippen molar-refractivity contribution in [2.24, 2.45) is 0 Å². The summed E-state index contributed by atoms with van der Waals surface area (Å²) >= 11 is 0. The van der Waals surface area contributed by atoms with Crippen LogP contribution in [0, 0.1) is 0 Å². The third-order valence-electron chi connectivity index (χ3n) is 6.49. The Morgan fingerprint density at radius 3 is 2.60 bits per heavy atom. The molecule has 6 nitrogen and oxygen atoms in total. The number of hydrogen-bond acceptors (Lipinski definition) is 5. The minimum Gasteiger partial charge on any atom is -0.489 e. The zero-order valence-corrected chi connectivity index (χ0v) is 17.0. The van der Waals surface area contributed by atoms with Gasteiger partial charge in [0.05, 0.1) is 6.04 Å². The van der Waals surface area contributed by atoms with Gasteiger partial charge in [-0.05, 0) is 48.1 Å². The predicted molar refractivity (Wildman–Crippen MR) is 113 cm³/mol. The maximum Gasteiger partial charge on any atom is 0.243 e. The molecule has 156 valence electrons. The Balaban J connectivity index is 1.17. The lowest BCUT2D eigenvalue weighted by Gasteiger charge is -2.37. The lowest BCUT2D eigenvalue weighted by molar-refractivity contribution is -0.137. The maximum absolute atomic E-state index is 12.2. The summed E-state index contributed by atoms with van der Waals surface area (Å²) < 4.78 is 6.29. The maximum atomic E-state index is 12.2. The van der Waals surface area contributed by atoms with E-state index in [0.29, 0.717) is 18.9 Å². The van der Waals surface area contributed by atoms with Crippen LogP contribution in [0.3, 0.4) is 0 Å². The molecule has 1 unspecified atom stereocenters. The second-order valence-electron chi connectivity index (χ2n) is 8.51. The van der Waals surface area contributed by atoms with Crippen molar-refractivity contribution >= 4 is 11.8 Å². The fraction of sp³-hybridized carbons (Fsp3) is 0.417. The highest BCUT2D eigenvalue weighted by atomic mass is 16.5. The number of benzene rings is 2. The van der Waals surface area contributed by atoms with E-state index in [9.17, 15) is 9.59 Å². The number of nitrogens with zero attached hydrogens (tertiary/aromatic N) is 1. The van der Waals surface area contributed by atoms with Gasteiger partial charge in [0.25, 0.3) is 0 Å². The zero-order chi connectivity index (χ0) is 20.5. The van der Waals surface area contributed by atoms with Gasteiger partial charge in [-0.3, -0.25) is 19.8 Å². The largest absolute Gasteiger partial charge is 0.489 e. The number of rotatable bonds is 6. The first kappa shape index (κ1) is 19.3. The Kier molecular flexibility index (Phi) is 5.27. The molecule has 2 aliphatic heterocycles. The fourth-order valence-electron chi connectivity index (χ4n) is 4.59. The topological polar surface area (TPSA) is 70.7 Å². The van der Waals surface area contributed by atoms with E-state index in [2.05, 4.69) is 51.9 Å². The summed E-state index contributed by atoms with van der Waals surface area (Å²) in [4.78, 5) is 25.8. The van der Waals surface area contributed by atoms with Gasteiger partial charge in [0.1, 0.15) is 11.9 Å². The molecule has 1 saturated carbocycles. The zero-order valence-electron chi connectivity index (χ0n) is 17.0. The number of piperidine rings is 1. The van der Waals surface area contributed by atoms with Crippen LogP contribution in [-0.2, 0) is 29.2 Å². The van der Waals surface area contributed by atoms with E-state index < -0.39 is 0 Å². The third kappa shape index (κ3) is 3.98. The molecule has 2 N–H and O–H groups in total. The lowest BCUT2D eigenvalue weighted by atomic mass is 9.88. The standard InChI is InChI=1S/C24H27N3O3/c28-23-11-9-21(24(29)26-23)27-14-17-6-7-19(12-18(17)15-27)30-22-10-8-20(22)25-13-16-4-2-1-3-5-16/h1-7,12,20-22,25H,8-11,13-15H2,(H,26,28,29)/t20-,21?,22+/m0/s1. The molecule has 3 atom stereocenters. The number of nitrogens with one attached hydrogen (secondary N) is 2. The Hall–Kier alpha value is -2.70. The van der Waals surface area contributed by atoms with Crippen LogP contribution < -0.4 is 15.4 Å². The minimum absolute atomic E-state index is 0.167. The molecular formula is C24H27N3O3. The molecule has 2 heterocycles.